The van der Waals surface area contributed by atoms with Gasteiger partial charge in [0.2, 0.25) is 0 Å². The van der Waals surface area contributed by atoms with Gasteiger partial charge in [-0.1, -0.05) is 12.1 Å². The van der Waals surface area contributed by atoms with E-state index in [2.05, 4.69) is 20.2 Å². The molecule has 0 aliphatic heterocycles. The van der Waals surface area contributed by atoms with Crippen molar-refractivity contribution in [1.82, 2.24) is 39.5 Å². The predicted octanol–water partition coefficient (Wildman–Crippen LogP) is 1.75. The number of anilines is 1. The summed E-state index contributed by atoms with van der Waals surface area (Å²) in [6.07, 6.45) is 4.77. The topological polar surface area (TPSA) is 133 Å². The zero-order valence-electron chi connectivity index (χ0n) is 16.0. The van der Waals surface area contributed by atoms with Crippen LogP contribution in [0.5, 0.6) is 0 Å². The molecule has 5 rings (SSSR count). The number of aliphatic hydroxyl groups is 1. The number of fused-ring (bicyclic) bond motifs is 1. The molecule has 0 amide bonds. The Bertz CT molecular complexity index is 1350. The average molecular weight is 399 g/mol. The molecular formula is C20H17N9O. The molecule has 0 aliphatic rings. The molecule has 0 atom stereocenters. The summed E-state index contributed by atoms with van der Waals surface area (Å²) in [5.74, 6) is 0.798. The summed E-state index contributed by atoms with van der Waals surface area (Å²) in [7, 11) is 1.75. The molecule has 0 radical (unpaired) electrons. The van der Waals surface area contributed by atoms with Gasteiger partial charge in [-0.3, -0.25) is 4.57 Å². The van der Waals surface area contributed by atoms with E-state index in [9.17, 15) is 5.11 Å². The van der Waals surface area contributed by atoms with E-state index in [1.165, 1.54) is 11.0 Å². The second kappa shape index (κ2) is 7.01. The van der Waals surface area contributed by atoms with Gasteiger partial charge >= 0.3 is 0 Å². The first-order chi connectivity index (χ1) is 14.6. The van der Waals surface area contributed by atoms with Crippen LogP contribution in [0.3, 0.4) is 0 Å². The van der Waals surface area contributed by atoms with E-state index in [4.69, 9.17) is 15.7 Å². The highest BCUT2D eigenvalue weighted by Gasteiger charge is 2.20. The van der Waals surface area contributed by atoms with Gasteiger partial charge in [-0.15, -0.1) is 0 Å². The summed E-state index contributed by atoms with van der Waals surface area (Å²) in [4.78, 5) is 19.5. The van der Waals surface area contributed by atoms with Crippen LogP contribution in [0.4, 0.5) is 5.82 Å². The number of nitrogen functional groups attached to an aromatic ring is 1. The van der Waals surface area contributed by atoms with Gasteiger partial charge in [-0.2, -0.15) is 15.0 Å². The lowest BCUT2D eigenvalue weighted by molar-refractivity contribution is 0.282. The molecule has 0 fully saturated rings. The molecule has 0 saturated heterocycles. The van der Waals surface area contributed by atoms with Crippen LogP contribution in [-0.2, 0) is 13.7 Å². The number of pyridine rings is 1. The highest BCUT2D eigenvalue weighted by atomic mass is 16.3. The number of rotatable bonds is 4. The number of imidazole rings is 1. The molecule has 30 heavy (non-hydrogen) atoms. The first kappa shape index (κ1) is 17.9. The molecule has 4 aromatic heterocycles. The minimum Gasteiger partial charge on any atom is -0.392 e. The van der Waals surface area contributed by atoms with Crippen LogP contribution in [0.25, 0.3) is 39.8 Å². The van der Waals surface area contributed by atoms with Gasteiger partial charge in [0.25, 0.3) is 0 Å². The largest absolute Gasteiger partial charge is 0.392 e. The van der Waals surface area contributed by atoms with Gasteiger partial charge in [0.1, 0.15) is 16.9 Å². The lowest BCUT2D eigenvalue weighted by atomic mass is 10.2. The highest BCUT2D eigenvalue weighted by Crippen LogP contribution is 2.30. The van der Waals surface area contributed by atoms with Crippen LogP contribution in [0.2, 0.25) is 0 Å². The average Bonchev–Trinajstić information content (AvgIpc) is 3.37. The van der Waals surface area contributed by atoms with Crippen LogP contribution < -0.4 is 5.73 Å². The molecule has 5 aromatic rings. The van der Waals surface area contributed by atoms with Crippen molar-refractivity contribution in [3.63, 3.8) is 0 Å². The Hall–Kier alpha value is -4.18. The monoisotopic (exact) mass is 399 g/mol. The van der Waals surface area contributed by atoms with E-state index in [1.54, 1.807) is 19.4 Å². The molecule has 10 nitrogen and oxygen atoms in total. The normalized spacial score (nSPS) is 11.3. The van der Waals surface area contributed by atoms with Crippen LogP contribution >= 0.6 is 0 Å². The summed E-state index contributed by atoms with van der Waals surface area (Å²) in [6, 6.07) is 11.2. The first-order valence-electron chi connectivity index (χ1n) is 9.17. The Morgan fingerprint density at radius 3 is 2.47 bits per heavy atom. The molecule has 0 spiro atoms. The number of nitrogens with zero attached hydrogens (tertiary/aromatic N) is 8. The van der Waals surface area contributed by atoms with E-state index >= 15 is 0 Å². The third-order valence-electron chi connectivity index (χ3n) is 4.68. The van der Waals surface area contributed by atoms with Crippen molar-refractivity contribution >= 4 is 17.0 Å². The Kier molecular flexibility index (Phi) is 4.18. The van der Waals surface area contributed by atoms with Gasteiger partial charge in [-0.05, 0) is 29.8 Å². The fourth-order valence-electron chi connectivity index (χ4n) is 3.24. The van der Waals surface area contributed by atoms with E-state index < -0.39 is 0 Å². The van der Waals surface area contributed by atoms with E-state index in [0.29, 0.717) is 34.1 Å². The van der Waals surface area contributed by atoms with Gasteiger partial charge in [-0.25, -0.2) is 19.9 Å². The fourth-order valence-corrected chi connectivity index (χ4v) is 3.24. The number of aromatic nitrogens is 8. The standard InChI is InChI=1S/C20H17N9O/c1-28-24-10-16(27-28)14-6-7-15-19(25-14)29(13-4-2-12(11-30)3-5-13)20(26-15)17-18(21)23-9-8-22-17/h2-10,30H,11H2,1H3,(H2,21,23). The Morgan fingerprint density at radius 1 is 0.967 bits per heavy atom. The lowest BCUT2D eigenvalue weighted by Crippen LogP contribution is -2.04. The number of aryl methyl sites for hydroxylation is 1. The maximum atomic E-state index is 9.38. The fraction of sp³-hybridized carbons (Fsp3) is 0.100. The van der Waals surface area contributed by atoms with Crippen molar-refractivity contribution in [1.29, 1.82) is 0 Å². The maximum Gasteiger partial charge on any atom is 0.169 e. The summed E-state index contributed by atoms with van der Waals surface area (Å²) in [5, 5.41) is 17.8. The van der Waals surface area contributed by atoms with Crippen LogP contribution in [-0.4, -0.2) is 44.6 Å². The highest BCUT2D eigenvalue weighted by molar-refractivity contribution is 5.83. The number of hydrogen-bond donors (Lipinski definition) is 2. The zero-order chi connectivity index (χ0) is 20.7. The Balaban J connectivity index is 1.79. The van der Waals surface area contributed by atoms with Crippen molar-refractivity contribution in [2.75, 3.05) is 5.73 Å². The second-order valence-electron chi connectivity index (χ2n) is 6.64. The molecule has 10 heteroatoms. The predicted molar refractivity (Wildman–Crippen MR) is 110 cm³/mol. The van der Waals surface area contributed by atoms with Gasteiger partial charge in [0, 0.05) is 25.1 Å². The lowest BCUT2D eigenvalue weighted by Gasteiger charge is -2.10. The molecule has 0 saturated carbocycles. The molecule has 148 valence electrons. The number of aliphatic hydroxyl groups excluding tert-OH is 1. The SMILES string of the molecule is Cn1ncc(-c2ccc3nc(-c4nccnc4N)n(-c4ccc(CO)cc4)c3n2)n1. The van der Waals surface area contributed by atoms with Gasteiger partial charge in [0.15, 0.2) is 17.3 Å². The molecular weight excluding hydrogens is 382 g/mol. The summed E-state index contributed by atoms with van der Waals surface area (Å²) >= 11 is 0. The van der Waals surface area contributed by atoms with E-state index in [-0.39, 0.29) is 12.4 Å². The minimum absolute atomic E-state index is 0.0377. The number of benzene rings is 1. The molecule has 0 aliphatic carbocycles. The quantitative estimate of drug-likeness (QED) is 0.467. The summed E-state index contributed by atoms with van der Waals surface area (Å²) < 4.78 is 1.87. The first-order valence-corrected chi connectivity index (χ1v) is 9.17. The van der Waals surface area contributed by atoms with E-state index in [0.717, 1.165) is 11.3 Å². The Morgan fingerprint density at radius 2 is 1.77 bits per heavy atom. The Labute approximate surface area is 170 Å². The van der Waals surface area contributed by atoms with Crippen LogP contribution in [0, 0.1) is 0 Å². The second-order valence-corrected chi connectivity index (χ2v) is 6.64. The van der Waals surface area contributed by atoms with Gasteiger partial charge < -0.3 is 10.8 Å². The number of nitrogens with two attached hydrogens (primary N) is 1. The van der Waals surface area contributed by atoms with Crippen molar-refractivity contribution < 1.29 is 5.11 Å². The molecule has 3 N–H and O–H groups in total. The molecule has 0 bridgehead atoms. The van der Waals surface area contributed by atoms with Crippen molar-refractivity contribution in [2.24, 2.45) is 7.05 Å². The third kappa shape index (κ3) is 2.95. The van der Waals surface area contributed by atoms with Crippen molar-refractivity contribution in [3.8, 4) is 28.6 Å². The smallest absolute Gasteiger partial charge is 0.169 e. The molecule has 1 aromatic carbocycles. The van der Waals surface area contributed by atoms with E-state index in [1.807, 2.05) is 41.0 Å². The van der Waals surface area contributed by atoms with Gasteiger partial charge in [0.05, 0.1) is 18.5 Å². The van der Waals surface area contributed by atoms with Crippen LogP contribution in [0.1, 0.15) is 5.56 Å². The summed E-state index contributed by atoms with van der Waals surface area (Å²) in [6.45, 7) is -0.0377. The zero-order valence-corrected chi connectivity index (χ0v) is 16.0. The van der Waals surface area contributed by atoms with Crippen molar-refractivity contribution in [3.05, 3.63) is 60.6 Å². The molecule has 0 unspecified atom stereocenters. The minimum atomic E-state index is -0.0377. The summed E-state index contributed by atoms with van der Waals surface area (Å²) in [5.41, 5.74) is 10.8. The van der Waals surface area contributed by atoms with Crippen LogP contribution in [0.15, 0.2) is 55.0 Å². The maximum absolute atomic E-state index is 9.38. The third-order valence-corrected chi connectivity index (χ3v) is 4.68. The molecule has 4 heterocycles. The van der Waals surface area contributed by atoms with Crippen molar-refractivity contribution in [2.45, 2.75) is 6.61 Å². The number of hydrogen-bond acceptors (Lipinski definition) is 8.